The van der Waals surface area contributed by atoms with E-state index < -0.39 is 18.0 Å². The number of esters is 1. The number of terminal acetylenes is 1. The second kappa shape index (κ2) is 4.34. The van der Waals surface area contributed by atoms with Gasteiger partial charge in [-0.2, -0.15) is 0 Å². The molecule has 1 N–H and O–H groups in total. The molecule has 0 aromatic carbocycles. The van der Waals surface area contributed by atoms with Crippen molar-refractivity contribution in [3.05, 3.63) is 0 Å². The molecule has 4 nitrogen and oxygen atoms in total. The van der Waals surface area contributed by atoms with Gasteiger partial charge in [0.1, 0.15) is 0 Å². The molecule has 0 aromatic heterocycles. The van der Waals surface area contributed by atoms with Crippen molar-refractivity contribution in [2.24, 2.45) is 0 Å². The van der Waals surface area contributed by atoms with Gasteiger partial charge in [-0.05, 0) is 0 Å². The highest BCUT2D eigenvalue weighted by atomic mass is 16.6. The van der Waals surface area contributed by atoms with Crippen LogP contribution in [0, 0.1) is 12.3 Å². The van der Waals surface area contributed by atoms with E-state index in [1.54, 1.807) is 0 Å². The number of rotatable bonds is 3. The van der Waals surface area contributed by atoms with E-state index in [9.17, 15) is 9.59 Å². The van der Waals surface area contributed by atoms with Crippen molar-refractivity contribution in [3.8, 4) is 12.3 Å². The van der Waals surface area contributed by atoms with Gasteiger partial charge in [-0.15, -0.1) is 12.3 Å². The predicted molar refractivity (Wildman–Crippen MR) is 36.6 cm³/mol. The van der Waals surface area contributed by atoms with Crippen molar-refractivity contribution in [1.29, 1.82) is 0 Å². The van der Waals surface area contributed by atoms with Crippen LogP contribution in [0.15, 0.2) is 0 Å². The molecule has 0 saturated carbocycles. The van der Waals surface area contributed by atoms with E-state index in [-0.39, 0.29) is 6.42 Å². The van der Waals surface area contributed by atoms with E-state index in [0.717, 1.165) is 6.92 Å². The topological polar surface area (TPSA) is 63.6 Å². The molecule has 0 bridgehead atoms. The summed E-state index contributed by atoms with van der Waals surface area (Å²) in [6.07, 6.45) is 3.53. The van der Waals surface area contributed by atoms with Gasteiger partial charge in [0.05, 0.1) is 6.42 Å². The third kappa shape index (κ3) is 3.98. The van der Waals surface area contributed by atoms with Gasteiger partial charge < -0.3 is 9.84 Å². The standard InChI is InChI=1S/C7H8O4/c1-3-4-6(7(9)10)11-5(2)8/h1,6H,4H2,2H3,(H,9,10). The normalized spacial score (nSPS) is 11.3. The Balaban J connectivity index is 4.02. The summed E-state index contributed by atoms with van der Waals surface area (Å²) in [6, 6.07) is 0. The van der Waals surface area contributed by atoms with Gasteiger partial charge in [-0.25, -0.2) is 4.79 Å². The molecule has 0 saturated heterocycles. The number of hydrogen-bond donors (Lipinski definition) is 1. The number of carbonyl (C=O) groups excluding carboxylic acids is 1. The van der Waals surface area contributed by atoms with Gasteiger partial charge in [0.25, 0.3) is 0 Å². The van der Waals surface area contributed by atoms with Crippen LogP contribution < -0.4 is 0 Å². The van der Waals surface area contributed by atoms with Gasteiger partial charge in [-0.3, -0.25) is 4.79 Å². The van der Waals surface area contributed by atoms with Crippen LogP contribution in [0.3, 0.4) is 0 Å². The number of carboxylic acid groups (broad SMARTS) is 1. The first-order valence-electron chi connectivity index (χ1n) is 2.91. The third-order valence-corrected chi connectivity index (χ3v) is 0.887. The Morgan fingerprint density at radius 2 is 2.27 bits per heavy atom. The smallest absolute Gasteiger partial charge is 0.346 e. The van der Waals surface area contributed by atoms with E-state index >= 15 is 0 Å². The zero-order chi connectivity index (χ0) is 8.85. The lowest BCUT2D eigenvalue weighted by molar-refractivity contribution is -0.162. The summed E-state index contributed by atoms with van der Waals surface area (Å²) < 4.78 is 4.37. The van der Waals surface area contributed by atoms with E-state index in [1.165, 1.54) is 0 Å². The van der Waals surface area contributed by atoms with Crippen LogP contribution in [0.4, 0.5) is 0 Å². The van der Waals surface area contributed by atoms with Crippen LogP contribution in [0.1, 0.15) is 13.3 Å². The summed E-state index contributed by atoms with van der Waals surface area (Å²) in [5.74, 6) is 0.227. The first-order valence-corrected chi connectivity index (χ1v) is 2.91. The minimum absolute atomic E-state index is 0.102. The molecule has 0 aromatic rings. The van der Waals surface area contributed by atoms with Crippen molar-refractivity contribution < 1.29 is 19.4 Å². The van der Waals surface area contributed by atoms with E-state index in [0.29, 0.717) is 0 Å². The predicted octanol–water partition coefficient (Wildman–Crippen LogP) is 0.0260. The van der Waals surface area contributed by atoms with E-state index in [4.69, 9.17) is 11.5 Å². The van der Waals surface area contributed by atoms with Gasteiger partial charge >= 0.3 is 11.9 Å². The molecule has 4 heteroatoms. The Morgan fingerprint density at radius 1 is 1.73 bits per heavy atom. The highest BCUT2D eigenvalue weighted by molar-refractivity contribution is 5.77. The zero-order valence-electron chi connectivity index (χ0n) is 6.03. The molecule has 0 heterocycles. The molecule has 0 aliphatic heterocycles. The lowest BCUT2D eigenvalue weighted by Crippen LogP contribution is -2.25. The van der Waals surface area contributed by atoms with E-state index in [2.05, 4.69) is 10.7 Å². The second-order valence-corrected chi connectivity index (χ2v) is 1.84. The minimum Gasteiger partial charge on any atom is -0.478 e. The molecule has 1 unspecified atom stereocenters. The Labute approximate surface area is 64.2 Å². The first kappa shape index (κ1) is 9.50. The lowest BCUT2D eigenvalue weighted by Gasteiger charge is -2.07. The summed E-state index contributed by atoms with van der Waals surface area (Å²) >= 11 is 0. The summed E-state index contributed by atoms with van der Waals surface area (Å²) in [5, 5.41) is 8.38. The highest BCUT2D eigenvalue weighted by Crippen LogP contribution is 1.97. The number of carboxylic acids is 1. The molecule has 0 aliphatic carbocycles. The molecule has 0 spiro atoms. The van der Waals surface area contributed by atoms with Crippen LogP contribution in [0.5, 0.6) is 0 Å². The Morgan fingerprint density at radius 3 is 2.55 bits per heavy atom. The Kier molecular flexibility index (Phi) is 3.75. The number of carbonyl (C=O) groups is 2. The van der Waals surface area contributed by atoms with Crippen LogP contribution in [0.25, 0.3) is 0 Å². The lowest BCUT2D eigenvalue weighted by atomic mass is 10.3. The summed E-state index contributed by atoms with van der Waals surface area (Å²) in [5.41, 5.74) is 0. The molecule has 11 heavy (non-hydrogen) atoms. The zero-order valence-corrected chi connectivity index (χ0v) is 6.03. The van der Waals surface area contributed by atoms with Gasteiger partial charge in [-0.1, -0.05) is 0 Å². The average Bonchev–Trinajstić information content (AvgIpc) is 1.86. The van der Waals surface area contributed by atoms with Gasteiger partial charge in [0.15, 0.2) is 0 Å². The maximum Gasteiger partial charge on any atom is 0.346 e. The van der Waals surface area contributed by atoms with Crippen LogP contribution in [-0.2, 0) is 14.3 Å². The fraction of sp³-hybridized carbons (Fsp3) is 0.429. The molecule has 0 rings (SSSR count). The summed E-state index contributed by atoms with van der Waals surface area (Å²) in [4.78, 5) is 20.5. The van der Waals surface area contributed by atoms with Crippen molar-refractivity contribution in [2.75, 3.05) is 0 Å². The number of ether oxygens (including phenoxy) is 1. The molecular formula is C7H8O4. The Hall–Kier alpha value is -1.50. The summed E-state index contributed by atoms with van der Waals surface area (Å²) in [7, 11) is 0. The van der Waals surface area contributed by atoms with Gasteiger partial charge in [0, 0.05) is 6.92 Å². The van der Waals surface area contributed by atoms with Gasteiger partial charge in [0.2, 0.25) is 6.10 Å². The largest absolute Gasteiger partial charge is 0.478 e. The summed E-state index contributed by atoms with van der Waals surface area (Å²) in [6.45, 7) is 1.13. The molecule has 0 aliphatic rings. The number of hydrogen-bond acceptors (Lipinski definition) is 3. The highest BCUT2D eigenvalue weighted by Gasteiger charge is 2.18. The molecule has 0 fully saturated rings. The molecule has 0 radical (unpaired) electrons. The maximum absolute atomic E-state index is 10.3. The second-order valence-electron chi connectivity index (χ2n) is 1.84. The van der Waals surface area contributed by atoms with Crippen molar-refractivity contribution >= 4 is 11.9 Å². The fourth-order valence-electron chi connectivity index (χ4n) is 0.487. The third-order valence-electron chi connectivity index (χ3n) is 0.887. The molecule has 60 valence electrons. The molecule has 1 atom stereocenters. The first-order chi connectivity index (χ1) is 5.07. The number of aliphatic carboxylic acids is 1. The van der Waals surface area contributed by atoms with Crippen molar-refractivity contribution in [1.82, 2.24) is 0 Å². The fourth-order valence-corrected chi connectivity index (χ4v) is 0.487. The molecule has 0 amide bonds. The molecular weight excluding hydrogens is 148 g/mol. The van der Waals surface area contributed by atoms with Crippen LogP contribution in [0.2, 0.25) is 0 Å². The SMILES string of the molecule is C#CCC(OC(C)=O)C(=O)O. The monoisotopic (exact) mass is 156 g/mol. The van der Waals surface area contributed by atoms with Crippen molar-refractivity contribution in [3.63, 3.8) is 0 Å². The van der Waals surface area contributed by atoms with E-state index in [1.807, 2.05) is 0 Å². The van der Waals surface area contributed by atoms with Crippen molar-refractivity contribution in [2.45, 2.75) is 19.4 Å². The minimum atomic E-state index is -1.22. The average molecular weight is 156 g/mol. The van der Waals surface area contributed by atoms with Crippen LogP contribution >= 0.6 is 0 Å². The maximum atomic E-state index is 10.3. The quantitative estimate of drug-likeness (QED) is 0.462. The van der Waals surface area contributed by atoms with Crippen LogP contribution in [-0.4, -0.2) is 23.1 Å². The Bertz CT molecular complexity index is 201.